The second-order valence-corrected chi connectivity index (χ2v) is 7.27. The zero-order chi connectivity index (χ0) is 16.4. The fourth-order valence-corrected chi connectivity index (χ4v) is 4.00. The quantitative estimate of drug-likeness (QED) is 0.726. The number of thioether (sulfide) groups is 1. The Morgan fingerprint density at radius 3 is 2.83 bits per heavy atom. The first-order chi connectivity index (χ1) is 11.8. The third-order valence-corrected chi connectivity index (χ3v) is 5.31. The molecule has 24 heavy (non-hydrogen) atoms. The van der Waals surface area contributed by atoms with Gasteiger partial charge in [-0.2, -0.15) is 0 Å². The van der Waals surface area contributed by atoms with E-state index in [4.69, 9.17) is 0 Å². The lowest BCUT2D eigenvalue weighted by molar-refractivity contribution is 0.303. The van der Waals surface area contributed by atoms with Crippen molar-refractivity contribution in [1.29, 1.82) is 0 Å². The number of rotatable bonds is 4. The van der Waals surface area contributed by atoms with Gasteiger partial charge in [0.2, 0.25) is 5.16 Å². The SMILES string of the molecule is Fc1ccc2[nH]c3nc(SCCN4CCCCCC4)nnc3c2c1.[HH]. The van der Waals surface area contributed by atoms with Crippen LogP contribution in [0.1, 0.15) is 27.1 Å². The van der Waals surface area contributed by atoms with Crippen LogP contribution in [0.4, 0.5) is 4.39 Å². The van der Waals surface area contributed by atoms with Crippen molar-refractivity contribution < 1.29 is 5.82 Å². The normalized spacial score (nSPS) is 16.7. The zero-order valence-corrected chi connectivity index (χ0v) is 14.3. The maximum Gasteiger partial charge on any atom is 0.211 e. The monoisotopic (exact) mass is 347 g/mol. The van der Waals surface area contributed by atoms with E-state index in [1.165, 1.54) is 50.9 Å². The minimum absolute atomic E-state index is 0. The highest BCUT2D eigenvalue weighted by atomic mass is 32.2. The number of benzene rings is 1. The number of aromatic nitrogens is 4. The minimum atomic E-state index is -0.277. The maximum atomic E-state index is 13.4. The number of likely N-dealkylation sites (tertiary alicyclic amines) is 1. The van der Waals surface area contributed by atoms with Gasteiger partial charge < -0.3 is 9.88 Å². The van der Waals surface area contributed by atoms with Gasteiger partial charge in [0.15, 0.2) is 5.65 Å². The Balaban J connectivity index is 0.00000182. The van der Waals surface area contributed by atoms with Crippen LogP contribution in [-0.2, 0) is 0 Å². The maximum absolute atomic E-state index is 13.4. The standard InChI is InChI=1S/C17H20FN5S.H2/c18-12-5-6-14-13(11-12)15-16(19-14)20-17(22-21-15)24-10-9-23-7-3-1-2-4-8-23;/h5-6,11H,1-4,7-10H2,(H,19,20,22);1H. The lowest BCUT2D eigenvalue weighted by Crippen LogP contribution is -2.27. The summed E-state index contributed by atoms with van der Waals surface area (Å²) < 4.78 is 13.4. The van der Waals surface area contributed by atoms with Gasteiger partial charge in [0.1, 0.15) is 11.3 Å². The largest absolute Gasteiger partial charge is 0.338 e. The third-order valence-electron chi connectivity index (χ3n) is 4.49. The van der Waals surface area contributed by atoms with E-state index >= 15 is 0 Å². The molecule has 0 spiro atoms. The van der Waals surface area contributed by atoms with E-state index in [0.717, 1.165) is 23.2 Å². The number of halogens is 1. The topological polar surface area (TPSA) is 57.7 Å². The number of hydrogen-bond donors (Lipinski definition) is 1. The van der Waals surface area contributed by atoms with Gasteiger partial charge in [-0.25, -0.2) is 9.37 Å². The molecule has 0 bridgehead atoms. The summed E-state index contributed by atoms with van der Waals surface area (Å²) >= 11 is 1.63. The van der Waals surface area contributed by atoms with Crippen LogP contribution >= 0.6 is 11.8 Å². The van der Waals surface area contributed by atoms with E-state index < -0.39 is 0 Å². The molecule has 7 heteroatoms. The molecule has 0 unspecified atom stereocenters. The lowest BCUT2D eigenvalue weighted by atomic mass is 10.2. The number of H-pyrrole nitrogens is 1. The van der Waals surface area contributed by atoms with Gasteiger partial charge in [-0.3, -0.25) is 0 Å². The number of nitrogens with zero attached hydrogens (tertiary/aromatic N) is 4. The van der Waals surface area contributed by atoms with Crippen molar-refractivity contribution in [2.45, 2.75) is 30.8 Å². The highest BCUT2D eigenvalue weighted by Gasteiger charge is 2.12. The van der Waals surface area contributed by atoms with Gasteiger partial charge in [-0.15, -0.1) is 10.2 Å². The van der Waals surface area contributed by atoms with E-state index in [2.05, 4.69) is 25.1 Å². The number of fused-ring (bicyclic) bond motifs is 3. The summed E-state index contributed by atoms with van der Waals surface area (Å²) in [7, 11) is 0. The Hall–Kier alpha value is -1.73. The van der Waals surface area contributed by atoms with E-state index in [1.807, 2.05) is 0 Å². The zero-order valence-electron chi connectivity index (χ0n) is 13.5. The molecule has 128 valence electrons. The van der Waals surface area contributed by atoms with Crippen LogP contribution in [0.25, 0.3) is 22.1 Å². The molecule has 1 N–H and O–H groups in total. The molecule has 2 aromatic heterocycles. The van der Waals surface area contributed by atoms with Crippen LogP contribution in [0.3, 0.4) is 0 Å². The van der Waals surface area contributed by atoms with Crippen LogP contribution in [0.2, 0.25) is 0 Å². The fourth-order valence-electron chi connectivity index (χ4n) is 3.22. The van der Waals surface area contributed by atoms with Gasteiger partial charge >= 0.3 is 0 Å². The molecule has 0 atom stereocenters. The van der Waals surface area contributed by atoms with Crippen molar-refractivity contribution in [1.82, 2.24) is 25.1 Å². The number of nitrogens with one attached hydrogen (secondary N) is 1. The summed E-state index contributed by atoms with van der Waals surface area (Å²) in [6.07, 6.45) is 5.32. The minimum Gasteiger partial charge on any atom is -0.338 e. The first kappa shape index (κ1) is 15.8. The molecule has 0 amide bonds. The number of aromatic amines is 1. The molecule has 1 aliphatic heterocycles. The predicted octanol–water partition coefficient (Wildman–Crippen LogP) is 3.86. The van der Waals surface area contributed by atoms with Gasteiger partial charge in [0.25, 0.3) is 0 Å². The average Bonchev–Trinajstić information content (AvgIpc) is 2.75. The molecule has 1 aliphatic rings. The molecule has 1 aromatic carbocycles. The first-order valence-electron chi connectivity index (χ1n) is 8.46. The third kappa shape index (κ3) is 3.37. The summed E-state index contributed by atoms with van der Waals surface area (Å²) in [6.45, 7) is 3.46. The van der Waals surface area contributed by atoms with Gasteiger partial charge in [0.05, 0.1) is 0 Å². The Labute approximate surface area is 145 Å². The highest BCUT2D eigenvalue weighted by molar-refractivity contribution is 7.99. The van der Waals surface area contributed by atoms with Crippen LogP contribution in [-0.4, -0.2) is 50.5 Å². The molecule has 0 radical (unpaired) electrons. The lowest BCUT2D eigenvalue weighted by Gasteiger charge is -2.18. The van der Waals surface area contributed by atoms with E-state index in [-0.39, 0.29) is 7.24 Å². The second kappa shape index (κ2) is 7.03. The van der Waals surface area contributed by atoms with Crippen molar-refractivity contribution in [3.8, 4) is 0 Å². The van der Waals surface area contributed by atoms with Crippen molar-refractivity contribution >= 4 is 33.8 Å². The molecule has 4 rings (SSSR count). The average molecular weight is 347 g/mol. The Kier molecular flexibility index (Phi) is 4.62. The summed E-state index contributed by atoms with van der Waals surface area (Å²) in [5, 5.41) is 9.85. The summed E-state index contributed by atoms with van der Waals surface area (Å²) in [4.78, 5) is 10.3. The number of hydrogen-bond acceptors (Lipinski definition) is 5. The van der Waals surface area contributed by atoms with Crippen LogP contribution in [0.5, 0.6) is 0 Å². The molecule has 1 fully saturated rings. The van der Waals surface area contributed by atoms with E-state index in [0.29, 0.717) is 16.3 Å². The van der Waals surface area contributed by atoms with Crippen molar-refractivity contribution in [3.05, 3.63) is 24.0 Å². The van der Waals surface area contributed by atoms with Gasteiger partial charge in [0, 0.05) is 24.6 Å². The summed E-state index contributed by atoms with van der Waals surface area (Å²) in [6, 6.07) is 4.61. The Bertz CT molecular complexity index is 848. The van der Waals surface area contributed by atoms with Gasteiger partial charge in [-0.05, 0) is 44.1 Å². The van der Waals surface area contributed by atoms with Crippen LogP contribution < -0.4 is 0 Å². The van der Waals surface area contributed by atoms with Gasteiger partial charge in [-0.1, -0.05) is 24.6 Å². The Morgan fingerprint density at radius 2 is 2.00 bits per heavy atom. The highest BCUT2D eigenvalue weighted by Crippen LogP contribution is 2.24. The first-order valence-corrected chi connectivity index (χ1v) is 9.45. The van der Waals surface area contributed by atoms with E-state index in [9.17, 15) is 4.39 Å². The van der Waals surface area contributed by atoms with Crippen molar-refractivity contribution in [2.24, 2.45) is 0 Å². The van der Waals surface area contributed by atoms with Crippen LogP contribution in [0.15, 0.2) is 23.4 Å². The molecule has 3 heterocycles. The molecule has 3 aromatic rings. The molecule has 0 aliphatic carbocycles. The summed E-state index contributed by atoms with van der Waals surface area (Å²) in [5.74, 6) is 0.684. The molecular formula is C17H22FN5S. The molecule has 5 nitrogen and oxygen atoms in total. The molecular weight excluding hydrogens is 325 g/mol. The van der Waals surface area contributed by atoms with Crippen LogP contribution in [0, 0.1) is 5.82 Å². The smallest absolute Gasteiger partial charge is 0.211 e. The van der Waals surface area contributed by atoms with E-state index in [1.54, 1.807) is 17.8 Å². The second-order valence-electron chi connectivity index (χ2n) is 6.21. The predicted molar refractivity (Wildman–Crippen MR) is 96.9 cm³/mol. The van der Waals surface area contributed by atoms with Crippen molar-refractivity contribution in [2.75, 3.05) is 25.4 Å². The fraction of sp³-hybridized carbons (Fsp3) is 0.471. The van der Waals surface area contributed by atoms with Crippen molar-refractivity contribution in [3.63, 3.8) is 0 Å². The molecule has 0 saturated carbocycles. The summed E-state index contributed by atoms with van der Waals surface area (Å²) in [5.41, 5.74) is 2.13. The molecule has 1 saturated heterocycles. The Morgan fingerprint density at radius 1 is 1.17 bits per heavy atom.